The van der Waals surface area contributed by atoms with E-state index in [1.807, 2.05) is 0 Å². The summed E-state index contributed by atoms with van der Waals surface area (Å²) in [6.45, 7) is 22.6. The highest BCUT2D eigenvalue weighted by Gasteiger charge is 2.20. The molecule has 0 aliphatic rings. The van der Waals surface area contributed by atoms with Crippen molar-refractivity contribution in [2.24, 2.45) is 0 Å². The van der Waals surface area contributed by atoms with Crippen LogP contribution in [0.5, 0.6) is 0 Å². The maximum absolute atomic E-state index is 2.41. The molecule has 0 fully saturated rings. The van der Waals surface area contributed by atoms with Crippen molar-refractivity contribution >= 4 is 73.8 Å². The van der Waals surface area contributed by atoms with E-state index in [1.165, 1.54) is 144 Å². The number of hydrogen-bond donors (Lipinski definition) is 0. The van der Waals surface area contributed by atoms with E-state index in [1.54, 1.807) is 0 Å². The number of rotatable bonds is 8. The first-order valence-corrected chi connectivity index (χ1v) is 28.5. The Labute approximate surface area is 486 Å². The van der Waals surface area contributed by atoms with Crippen molar-refractivity contribution < 1.29 is 0 Å². The lowest BCUT2D eigenvalue weighted by Crippen LogP contribution is -2.00. The van der Waals surface area contributed by atoms with Crippen molar-refractivity contribution in [2.75, 3.05) is 0 Å². The maximum atomic E-state index is 2.41. The summed E-state index contributed by atoms with van der Waals surface area (Å²) in [5, 5.41) is 7.67. The highest BCUT2D eigenvalue weighted by Crippen LogP contribution is 2.40. The van der Waals surface area contributed by atoms with Crippen LogP contribution < -0.4 is 0 Å². The topological polar surface area (TPSA) is 19.7 Å². The minimum Gasteiger partial charge on any atom is -0.314 e. The average molecular weight is 1060 g/mol. The van der Waals surface area contributed by atoms with Crippen molar-refractivity contribution in [2.45, 2.75) is 88.5 Å². The monoisotopic (exact) mass is 1060 g/mol. The van der Waals surface area contributed by atoms with Crippen LogP contribution >= 0.6 is 0 Å². The first kappa shape index (κ1) is 54.9. The van der Waals surface area contributed by atoms with E-state index >= 15 is 0 Å². The molecule has 14 rings (SSSR count). The average Bonchev–Trinajstić information content (AvgIpc) is 3.54. The SMILES string of the molecule is C.Cc1c(C)n(-c2ccc(-n3c4ccccc4c4ccccc43)cc2)c2ccc(-c3ccc4c(c3)c(C)c(C)n4-c3ccc(-n4c5ccccc5c5ccccc54)cc3)cc12.Cc1ccccc1-c1c(C)cc(C(C)C)cc1C(C)C.[B]. The molecule has 82 heavy (non-hydrogen) atoms. The van der Waals surface area contributed by atoms with E-state index in [4.69, 9.17) is 0 Å². The lowest BCUT2D eigenvalue weighted by molar-refractivity contribution is 0.832. The fourth-order valence-corrected chi connectivity index (χ4v) is 12.9. The molecule has 0 N–H and O–H groups in total. The molecule has 0 aliphatic carbocycles. The smallest absolute Gasteiger partial charge is 0.0541 e. The summed E-state index contributed by atoms with van der Waals surface area (Å²) in [7, 11) is 0. The van der Waals surface area contributed by atoms with Gasteiger partial charge < -0.3 is 18.3 Å². The van der Waals surface area contributed by atoms with Crippen LogP contribution in [0.4, 0.5) is 0 Å². The fraction of sp³-hybridized carbons (Fsp3) is 0.169. The van der Waals surface area contributed by atoms with Crippen LogP contribution in [0.3, 0.4) is 0 Å². The molecule has 10 aromatic carbocycles. The van der Waals surface area contributed by atoms with Gasteiger partial charge in [-0.3, -0.25) is 0 Å². The number of nitrogens with zero attached hydrogens (tertiary/aromatic N) is 4. The van der Waals surface area contributed by atoms with E-state index in [0.29, 0.717) is 11.8 Å². The Balaban J connectivity index is 0.000000273. The van der Waals surface area contributed by atoms with Crippen molar-refractivity contribution in [3.63, 3.8) is 0 Å². The molecule has 0 amide bonds. The summed E-state index contributed by atoms with van der Waals surface area (Å²) in [4.78, 5) is 0. The Morgan fingerprint density at radius 2 is 0.646 bits per heavy atom. The number of aryl methyl sites for hydroxylation is 4. The highest BCUT2D eigenvalue weighted by molar-refractivity contribution is 6.10. The summed E-state index contributed by atoms with van der Waals surface area (Å²) in [6.07, 6.45) is 0. The third kappa shape index (κ3) is 9.04. The molecule has 14 aromatic rings. The number of aromatic nitrogens is 4. The quantitative estimate of drug-likeness (QED) is 0.135. The van der Waals surface area contributed by atoms with Crippen LogP contribution in [0.1, 0.15) is 91.7 Å². The molecule has 4 heterocycles. The normalized spacial score (nSPS) is 11.6. The van der Waals surface area contributed by atoms with Gasteiger partial charge in [-0.25, -0.2) is 0 Å². The number of para-hydroxylation sites is 4. The van der Waals surface area contributed by atoms with Crippen LogP contribution in [-0.2, 0) is 0 Å². The van der Waals surface area contributed by atoms with Gasteiger partial charge in [0.25, 0.3) is 0 Å². The van der Waals surface area contributed by atoms with E-state index in [2.05, 4.69) is 306 Å². The van der Waals surface area contributed by atoms with Crippen LogP contribution in [0.15, 0.2) is 218 Å². The highest BCUT2D eigenvalue weighted by atomic mass is 15.0. The van der Waals surface area contributed by atoms with Gasteiger partial charge in [0.05, 0.1) is 33.1 Å². The van der Waals surface area contributed by atoms with Gasteiger partial charge in [-0.2, -0.15) is 0 Å². The van der Waals surface area contributed by atoms with Gasteiger partial charge in [-0.15, -0.1) is 0 Å². The minimum absolute atomic E-state index is 0. The van der Waals surface area contributed by atoms with Crippen LogP contribution in [-0.4, -0.2) is 26.7 Å². The Hall–Kier alpha value is -9.06. The van der Waals surface area contributed by atoms with Gasteiger partial charge in [0.1, 0.15) is 0 Å². The molecular weight excluding hydrogens is 992 g/mol. The molecule has 0 saturated carbocycles. The van der Waals surface area contributed by atoms with Crippen LogP contribution in [0.25, 0.3) is 110 Å². The van der Waals surface area contributed by atoms with E-state index in [0.717, 1.165) is 11.4 Å². The second-order valence-electron chi connectivity index (χ2n) is 22.8. The molecule has 0 aliphatic heterocycles. The zero-order valence-corrected chi connectivity index (χ0v) is 48.3. The largest absolute Gasteiger partial charge is 0.314 e. The molecule has 3 radical (unpaired) electrons. The summed E-state index contributed by atoms with van der Waals surface area (Å²) in [5.74, 6) is 1.12. The Morgan fingerprint density at radius 3 is 1.01 bits per heavy atom. The predicted molar refractivity (Wildman–Crippen MR) is 355 cm³/mol. The van der Waals surface area contributed by atoms with Crippen LogP contribution in [0.2, 0.25) is 0 Å². The van der Waals surface area contributed by atoms with Crippen molar-refractivity contribution in [3.8, 4) is 45.0 Å². The molecule has 0 atom stereocenters. The Morgan fingerprint density at radius 1 is 0.305 bits per heavy atom. The molecule has 0 unspecified atom stereocenters. The third-order valence-corrected chi connectivity index (χ3v) is 17.4. The number of hydrogen-bond acceptors (Lipinski definition) is 0. The van der Waals surface area contributed by atoms with Gasteiger partial charge in [-0.1, -0.05) is 156 Å². The summed E-state index contributed by atoms with van der Waals surface area (Å²) in [6, 6.07) is 80.3. The van der Waals surface area contributed by atoms with Crippen molar-refractivity contribution in [1.82, 2.24) is 18.3 Å². The van der Waals surface area contributed by atoms with Gasteiger partial charge in [0.2, 0.25) is 0 Å². The minimum atomic E-state index is 0. The number of fused-ring (bicyclic) bond motifs is 8. The zero-order chi connectivity index (χ0) is 55.1. The molecule has 0 spiro atoms. The molecular formula is C77H72BN4. The lowest BCUT2D eigenvalue weighted by Gasteiger charge is -2.20. The van der Waals surface area contributed by atoms with Gasteiger partial charge in [-0.05, 0) is 206 Å². The van der Waals surface area contributed by atoms with Gasteiger partial charge in [0.15, 0.2) is 0 Å². The zero-order valence-electron chi connectivity index (χ0n) is 48.3. The summed E-state index contributed by atoms with van der Waals surface area (Å²) >= 11 is 0. The van der Waals surface area contributed by atoms with Crippen molar-refractivity contribution in [3.05, 3.63) is 263 Å². The summed E-state index contributed by atoms with van der Waals surface area (Å²) < 4.78 is 9.58. The molecule has 0 bridgehead atoms. The predicted octanol–water partition coefficient (Wildman–Crippen LogP) is 21.1. The van der Waals surface area contributed by atoms with E-state index in [9.17, 15) is 0 Å². The van der Waals surface area contributed by atoms with Gasteiger partial charge in [0, 0.05) is 74.9 Å². The fourth-order valence-electron chi connectivity index (χ4n) is 12.9. The third-order valence-electron chi connectivity index (χ3n) is 17.4. The molecule has 0 saturated heterocycles. The van der Waals surface area contributed by atoms with Crippen molar-refractivity contribution in [1.29, 1.82) is 0 Å². The lowest BCUT2D eigenvalue weighted by atomic mass is 9.84. The Kier molecular flexibility index (Phi) is 14.6. The molecule has 5 heteroatoms. The maximum Gasteiger partial charge on any atom is 0.0541 e. The first-order valence-electron chi connectivity index (χ1n) is 28.5. The molecule has 4 aromatic heterocycles. The molecule has 403 valence electrons. The number of benzene rings is 10. The van der Waals surface area contributed by atoms with Gasteiger partial charge >= 0.3 is 0 Å². The second kappa shape index (κ2) is 21.8. The summed E-state index contributed by atoms with van der Waals surface area (Å²) in [5.41, 5.74) is 28.1. The first-order chi connectivity index (χ1) is 38.9. The van der Waals surface area contributed by atoms with Crippen LogP contribution in [0, 0.1) is 41.5 Å². The van der Waals surface area contributed by atoms with E-state index < -0.39 is 0 Å². The van der Waals surface area contributed by atoms with E-state index in [-0.39, 0.29) is 15.8 Å². The second-order valence-corrected chi connectivity index (χ2v) is 22.8. The standard InChI is InChI=1S/C56H42N4.C20H26.CH4.B/c1-35-37(3)57(41-23-27-43(28-24-41)59-51-17-9-5-13-45(51)46-14-6-10-18-52(46)59)55-31-21-39(33-49(35)55)40-22-32-56-50(34-40)36(2)38(4)58(56)42-25-29-44(30-26-42)60-53-19-11-7-15-47(53)48-16-8-12-20-54(48)60;1-13(2)17-11-16(6)20(19(12-17)14(3)4)18-10-8-7-9-15(18)5;;/h5-34H,1-4H3;7-14H,1-6H3;1H4;. The Bertz CT molecular complexity index is 4350. The molecule has 4 nitrogen and oxygen atoms in total.